The van der Waals surface area contributed by atoms with E-state index in [0.29, 0.717) is 26.2 Å². The first-order chi connectivity index (χ1) is 11.7. The highest BCUT2D eigenvalue weighted by Crippen LogP contribution is 2.45. The highest BCUT2D eigenvalue weighted by Gasteiger charge is 2.58. The van der Waals surface area contributed by atoms with Gasteiger partial charge in [0.1, 0.15) is 5.60 Å². The minimum Gasteiger partial charge on any atom is -0.481 e. The summed E-state index contributed by atoms with van der Waals surface area (Å²) in [5.41, 5.74) is 0.269. The van der Waals surface area contributed by atoms with E-state index in [1.807, 2.05) is 39.0 Å². The van der Waals surface area contributed by atoms with Crippen LogP contribution >= 0.6 is 0 Å². The van der Waals surface area contributed by atoms with Gasteiger partial charge in [0, 0.05) is 38.1 Å². The Bertz CT molecular complexity index is 647. The molecule has 25 heavy (non-hydrogen) atoms. The Kier molecular flexibility index (Phi) is 4.49. The fourth-order valence-corrected chi connectivity index (χ4v) is 3.86. The van der Waals surface area contributed by atoms with E-state index in [2.05, 4.69) is 17.0 Å². The molecule has 0 aliphatic carbocycles. The van der Waals surface area contributed by atoms with Gasteiger partial charge in [-0.1, -0.05) is 30.3 Å². The van der Waals surface area contributed by atoms with Crippen LogP contribution in [-0.4, -0.2) is 58.7 Å². The third-order valence-electron chi connectivity index (χ3n) is 4.93. The molecule has 0 bridgehead atoms. The molecule has 2 heterocycles. The van der Waals surface area contributed by atoms with Gasteiger partial charge < -0.3 is 14.7 Å². The molecule has 1 atom stereocenters. The first-order valence-electron chi connectivity index (χ1n) is 8.66. The van der Waals surface area contributed by atoms with Gasteiger partial charge in [0.15, 0.2) is 0 Å². The van der Waals surface area contributed by atoms with Crippen molar-refractivity contribution in [3.05, 3.63) is 35.9 Å². The van der Waals surface area contributed by atoms with Crippen LogP contribution in [0.1, 0.15) is 26.3 Å². The smallest absolute Gasteiger partial charge is 0.410 e. The third-order valence-corrected chi connectivity index (χ3v) is 4.93. The van der Waals surface area contributed by atoms with Crippen LogP contribution in [0, 0.1) is 11.3 Å². The maximum Gasteiger partial charge on any atom is 0.410 e. The number of rotatable bonds is 3. The molecule has 2 aliphatic heterocycles. The van der Waals surface area contributed by atoms with Gasteiger partial charge in [-0.15, -0.1) is 0 Å². The zero-order chi connectivity index (χ0) is 18.2. The van der Waals surface area contributed by atoms with E-state index in [0.717, 1.165) is 6.54 Å². The molecule has 2 saturated heterocycles. The van der Waals surface area contributed by atoms with Gasteiger partial charge in [0.05, 0.1) is 5.92 Å². The fourth-order valence-electron chi connectivity index (χ4n) is 3.86. The lowest BCUT2D eigenvalue weighted by Gasteiger charge is -2.49. The predicted molar refractivity (Wildman–Crippen MR) is 93.1 cm³/mol. The summed E-state index contributed by atoms with van der Waals surface area (Å²) in [5.74, 6) is -1.23. The minimum absolute atomic E-state index is 0.358. The molecule has 1 N–H and O–H groups in total. The number of carbonyl (C=O) groups excluding carboxylic acids is 1. The maximum atomic E-state index is 12.2. The molecule has 2 aliphatic rings. The Hall–Kier alpha value is -2.08. The number of carboxylic acids is 1. The number of nitrogens with zero attached hydrogens (tertiary/aromatic N) is 2. The average Bonchev–Trinajstić information content (AvgIpc) is 2.84. The summed E-state index contributed by atoms with van der Waals surface area (Å²) in [6.45, 7) is 8.34. The molecule has 3 rings (SSSR count). The summed E-state index contributed by atoms with van der Waals surface area (Å²) in [6.07, 6.45) is -0.358. The zero-order valence-corrected chi connectivity index (χ0v) is 15.1. The molecule has 1 aromatic rings. The predicted octanol–water partition coefficient (Wildman–Crippen LogP) is 2.44. The number of carbonyl (C=O) groups is 2. The van der Waals surface area contributed by atoms with Crippen molar-refractivity contribution in [1.82, 2.24) is 9.80 Å². The highest BCUT2D eigenvalue weighted by molar-refractivity contribution is 5.74. The van der Waals surface area contributed by atoms with Crippen LogP contribution in [-0.2, 0) is 16.1 Å². The standard InChI is InChI=1S/C19H26N2O4/c1-18(2,3)25-17(24)21-12-19(13-21)11-20(10-15(19)16(22)23)9-14-7-5-4-6-8-14/h4-8,15H,9-13H2,1-3H3,(H,22,23)/t15-/m0/s1. The summed E-state index contributed by atoms with van der Waals surface area (Å²) in [7, 11) is 0. The maximum absolute atomic E-state index is 12.2. The van der Waals surface area contributed by atoms with Crippen molar-refractivity contribution >= 4 is 12.1 Å². The minimum atomic E-state index is -0.778. The van der Waals surface area contributed by atoms with Crippen LogP contribution < -0.4 is 0 Å². The number of aliphatic carboxylic acids is 1. The van der Waals surface area contributed by atoms with Gasteiger partial charge in [0.2, 0.25) is 0 Å². The molecule has 0 unspecified atom stereocenters. The normalized spacial score (nSPS) is 22.7. The summed E-state index contributed by atoms with van der Waals surface area (Å²) < 4.78 is 5.39. The fraction of sp³-hybridized carbons (Fsp3) is 0.579. The molecular formula is C19H26N2O4. The molecule has 2 fully saturated rings. The van der Waals surface area contributed by atoms with Crippen LogP contribution in [0.25, 0.3) is 0 Å². The first kappa shape index (κ1) is 17.7. The molecule has 1 aromatic carbocycles. The van der Waals surface area contributed by atoms with Gasteiger partial charge in [-0.2, -0.15) is 0 Å². The lowest BCUT2D eigenvalue weighted by Crippen LogP contribution is -2.63. The number of hydrogen-bond acceptors (Lipinski definition) is 4. The van der Waals surface area contributed by atoms with E-state index in [1.54, 1.807) is 4.90 Å². The number of ether oxygens (including phenoxy) is 1. The number of carboxylic acid groups (broad SMARTS) is 1. The molecule has 0 radical (unpaired) electrons. The van der Waals surface area contributed by atoms with Crippen LogP contribution in [0.15, 0.2) is 30.3 Å². The largest absolute Gasteiger partial charge is 0.481 e. The van der Waals surface area contributed by atoms with Crippen molar-refractivity contribution in [3.63, 3.8) is 0 Å². The van der Waals surface area contributed by atoms with Crippen molar-refractivity contribution in [2.24, 2.45) is 11.3 Å². The average molecular weight is 346 g/mol. The zero-order valence-electron chi connectivity index (χ0n) is 15.1. The molecule has 0 aromatic heterocycles. The molecule has 6 heteroatoms. The van der Waals surface area contributed by atoms with Crippen molar-refractivity contribution < 1.29 is 19.4 Å². The Morgan fingerprint density at radius 3 is 2.40 bits per heavy atom. The number of benzene rings is 1. The van der Waals surface area contributed by atoms with E-state index in [-0.39, 0.29) is 11.5 Å². The Morgan fingerprint density at radius 1 is 1.20 bits per heavy atom. The Morgan fingerprint density at radius 2 is 1.84 bits per heavy atom. The SMILES string of the molecule is CC(C)(C)OC(=O)N1CC2(CN(Cc3ccccc3)C[C@H]2C(=O)O)C1. The molecule has 1 spiro atoms. The highest BCUT2D eigenvalue weighted by atomic mass is 16.6. The van der Waals surface area contributed by atoms with Crippen LogP contribution in [0.4, 0.5) is 4.79 Å². The lowest BCUT2D eigenvalue weighted by atomic mass is 9.72. The van der Waals surface area contributed by atoms with E-state index in [9.17, 15) is 14.7 Å². The van der Waals surface area contributed by atoms with Crippen molar-refractivity contribution in [2.45, 2.75) is 32.9 Å². The summed E-state index contributed by atoms with van der Waals surface area (Å²) in [4.78, 5) is 27.7. The summed E-state index contributed by atoms with van der Waals surface area (Å²) in [5, 5.41) is 9.65. The van der Waals surface area contributed by atoms with Gasteiger partial charge in [0.25, 0.3) is 0 Å². The topological polar surface area (TPSA) is 70.1 Å². The van der Waals surface area contributed by atoms with Gasteiger partial charge >= 0.3 is 12.1 Å². The molecule has 136 valence electrons. The number of hydrogen-bond donors (Lipinski definition) is 1. The lowest BCUT2D eigenvalue weighted by molar-refractivity contribution is -0.149. The van der Waals surface area contributed by atoms with Gasteiger partial charge in [-0.3, -0.25) is 9.69 Å². The van der Waals surface area contributed by atoms with Crippen molar-refractivity contribution in [2.75, 3.05) is 26.2 Å². The van der Waals surface area contributed by atoms with Crippen LogP contribution in [0.3, 0.4) is 0 Å². The van der Waals surface area contributed by atoms with E-state index >= 15 is 0 Å². The van der Waals surface area contributed by atoms with Crippen LogP contribution in [0.2, 0.25) is 0 Å². The van der Waals surface area contributed by atoms with Crippen LogP contribution in [0.5, 0.6) is 0 Å². The van der Waals surface area contributed by atoms with E-state index in [1.165, 1.54) is 5.56 Å². The van der Waals surface area contributed by atoms with Gasteiger partial charge in [-0.25, -0.2) is 4.79 Å². The molecular weight excluding hydrogens is 320 g/mol. The second-order valence-corrected chi connectivity index (χ2v) is 8.24. The Balaban J connectivity index is 1.65. The van der Waals surface area contributed by atoms with Crippen molar-refractivity contribution in [3.8, 4) is 0 Å². The first-order valence-corrected chi connectivity index (χ1v) is 8.66. The quantitative estimate of drug-likeness (QED) is 0.910. The summed E-state index contributed by atoms with van der Waals surface area (Å²) in [6, 6.07) is 10.1. The molecule has 0 saturated carbocycles. The number of likely N-dealkylation sites (tertiary alicyclic amines) is 2. The molecule has 6 nitrogen and oxygen atoms in total. The van der Waals surface area contributed by atoms with Gasteiger partial charge in [-0.05, 0) is 26.3 Å². The second kappa shape index (κ2) is 6.33. The monoisotopic (exact) mass is 346 g/mol. The number of amides is 1. The Labute approximate surface area is 148 Å². The second-order valence-electron chi connectivity index (χ2n) is 8.24. The van der Waals surface area contributed by atoms with E-state index < -0.39 is 17.5 Å². The third kappa shape index (κ3) is 3.79. The van der Waals surface area contributed by atoms with Crippen molar-refractivity contribution in [1.29, 1.82) is 0 Å². The summed E-state index contributed by atoms with van der Waals surface area (Å²) >= 11 is 0. The molecule has 1 amide bonds. The van der Waals surface area contributed by atoms with E-state index in [4.69, 9.17) is 4.74 Å².